The van der Waals surface area contributed by atoms with Crippen LogP contribution in [0.1, 0.15) is 22.8 Å². The van der Waals surface area contributed by atoms with Gasteiger partial charge in [0.05, 0.1) is 22.8 Å². The fourth-order valence-corrected chi connectivity index (χ4v) is 2.94. The Morgan fingerprint density at radius 1 is 0.571 bits per heavy atom. The summed E-state index contributed by atoms with van der Waals surface area (Å²) in [6.45, 7) is 0. The van der Waals surface area contributed by atoms with Gasteiger partial charge in [-0.15, -0.1) is 0 Å². The molecule has 8 bridgehead atoms. The summed E-state index contributed by atoms with van der Waals surface area (Å²) in [4.78, 5) is 16.0. The molecule has 3 aromatic heterocycles. The van der Waals surface area contributed by atoms with Crippen molar-refractivity contribution in [2.45, 2.75) is 0 Å². The van der Waals surface area contributed by atoms with E-state index in [-0.39, 0.29) is 19.5 Å². The first kappa shape index (κ1) is 20.0. The molecule has 131 valence electrons. The van der Waals surface area contributed by atoms with E-state index in [4.69, 9.17) is 10.0 Å². The van der Waals surface area contributed by atoms with E-state index in [1.165, 1.54) is 0 Å². The summed E-state index contributed by atoms with van der Waals surface area (Å²) in [6, 6.07) is 16.4. The topological polar surface area (TPSA) is 103 Å². The Kier molecular flexibility index (Phi) is 6.37. The van der Waals surface area contributed by atoms with E-state index in [1.54, 1.807) is 0 Å². The van der Waals surface area contributed by atoms with Crippen molar-refractivity contribution in [2.24, 2.45) is 0 Å². The minimum absolute atomic E-state index is 0. The van der Waals surface area contributed by atoms with Crippen LogP contribution in [0.5, 0.6) is 0 Å². The van der Waals surface area contributed by atoms with Crippen LogP contribution in [0.2, 0.25) is 0 Å². The van der Waals surface area contributed by atoms with E-state index in [1.807, 2.05) is 42.5 Å². The van der Waals surface area contributed by atoms with Gasteiger partial charge in [-0.1, -0.05) is 0 Å². The number of aromatic nitrogens is 4. The van der Waals surface area contributed by atoms with Gasteiger partial charge in [0.2, 0.25) is 0 Å². The van der Waals surface area contributed by atoms with Gasteiger partial charge in [-0.2, -0.15) is 0 Å². The predicted octanol–water partition coefficient (Wildman–Crippen LogP) is 1.89. The third-order valence-corrected chi connectivity index (χ3v) is 4.04. The monoisotopic (exact) mass is 417 g/mol. The third-order valence-electron chi connectivity index (χ3n) is 4.04. The van der Waals surface area contributed by atoms with Crippen molar-refractivity contribution >= 4 is 54.1 Å². The van der Waals surface area contributed by atoms with Crippen LogP contribution < -0.4 is 10.0 Å². The van der Waals surface area contributed by atoms with E-state index < -0.39 is 7.69 Å². The van der Waals surface area contributed by atoms with Crippen LogP contribution in [0, 0.1) is 0 Å². The molecule has 5 rings (SSSR count). The minimum atomic E-state index is -0.500. The number of nitrogens with one attached hydrogen (secondary N) is 2. The Balaban J connectivity index is 0.000000531. The Morgan fingerprint density at radius 3 is 1.29 bits per heavy atom. The number of rotatable bonds is 0. The number of fused-ring (bicyclic) bond motifs is 8. The molecule has 28 heavy (non-hydrogen) atoms. The molecule has 0 aromatic carbocycles. The zero-order valence-corrected chi connectivity index (χ0v) is 17.9. The third kappa shape index (κ3) is 4.73. The summed E-state index contributed by atoms with van der Waals surface area (Å²) in [5.74, 6) is 0. The van der Waals surface area contributed by atoms with Crippen LogP contribution in [-0.4, -0.2) is 27.6 Å². The standard InChI is InChI=1S/C20H14N4.BO2.Zn/c1-2-14-10-16-5-6-18(23-16)12-20-8-7-19(24-20)11-17-4-3-15(22-17)9-13(1)21-14;2-1-3;/h1-12,21-22H;;/q;-2;+2. The molecule has 5 heterocycles. The van der Waals surface area contributed by atoms with Crippen molar-refractivity contribution in [3.8, 4) is 0 Å². The van der Waals surface area contributed by atoms with Gasteiger partial charge in [0.25, 0.3) is 0 Å². The quantitative estimate of drug-likeness (QED) is 0.375. The minimum Gasteiger partial charge on any atom is -0.900 e. The fourth-order valence-electron chi connectivity index (χ4n) is 2.94. The first-order chi connectivity index (χ1) is 13.2. The van der Waals surface area contributed by atoms with Crippen LogP contribution in [-0.2, 0) is 19.5 Å². The van der Waals surface area contributed by atoms with E-state index >= 15 is 0 Å². The van der Waals surface area contributed by atoms with E-state index in [9.17, 15) is 0 Å². The summed E-state index contributed by atoms with van der Waals surface area (Å²) < 4.78 is 0. The molecule has 0 saturated carbocycles. The van der Waals surface area contributed by atoms with Gasteiger partial charge < -0.3 is 20.0 Å². The molecular formula is C20H14BN4O2Zn. The molecule has 8 heteroatoms. The van der Waals surface area contributed by atoms with Crippen LogP contribution in [0.4, 0.5) is 0 Å². The molecule has 2 N–H and O–H groups in total. The Bertz CT molecular complexity index is 1110. The molecule has 0 amide bonds. The predicted molar refractivity (Wildman–Crippen MR) is 105 cm³/mol. The first-order valence-electron chi connectivity index (χ1n) is 8.32. The number of H-pyrrole nitrogens is 2. The van der Waals surface area contributed by atoms with Crippen molar-refractivity contribution in [3.05, 3.63) is 71.3 Å². The molecule has 2 aliphatic heterocycles. The zero-order valence-electron chi connectivity index (χ0n) is 14.9. The van der Waals surface area contributed by atoms with Crippen LogP contribution in [0.25, 0.3) is 46.4 Å². The zero-order chi connectivity index (χ0) is 18.6. The maximum atomic E-state index is 8.25. The second-order valence-electron chi connectivity index (χ2n) is 6.00. The van der Waals surface area contributed by atoms with Crippen LogP contribution in [0.3, 0.4) is 0 Å². The Hall–Kier alpha value is -2.79. The summed E-state index contributed by atoms with van der Waals surface area (Å²) in [5, 5.41) is 16.5. The van der Waals surface area contributed by atoms with E-state index in [0.717, 1.165) is 44.8 Å². The molecule has 3 aromatic rings. The second-order valence-corrected chi connectivity index (χ2v) is 6.00. The van der Waals surface area contributed by atoms with Crippen molar-refractivity contribution in [1.29, 1.82) is 0 Å². The van der Waals surface area contributed by atoms with Gasteiger partial charge in [0.15, 0.2) is 0 Å². The van der Waals surface area contributed by atoms with Gasteiger partial charge >= 0.3 is 19.5 Å². The summed E-state index contributed by atoms with van der Waals surface area (Å²) >= 11 is 0. The normalized spacial score (nSPS) is 11.4. The largest absolute Gasteiger partial charge is 2.00 e. The molecule has 0 spiro atoms. The van der Waals surface area contributed by atoms with Crippen molar-refractivity contribution < 1.29 is 29.5 Å². The maximum absolute atomic E-state index is 8.25. The molecule has 6 nitrogen and oxygen atoms in total. The van der Waals surface area contributed by atoms with E-state index in [2.05, 4.69) is 50.3 Å². The smallest absolute Gasteiger partial charge is 0.900 e. The number of hydrogen-bond donors (Lipinski definition) is 2. The number of nitrogens with zero attached hydrogens (tertiary/aromatic N) is 2. The summed E-state index contributed by atoms with van der Waals surface area (Å²) in [6.07, 6.45) is 8.05. The number of aromatic amines is 2. The van der Waals surface area contributed by atoms with Crippen molar-refractivity contribution in [2.75, 3.05) is 0 Å². The molecule has 0 aliphatic carbocycles. The van der Waals surface area contributed by atoms with Gasteiger partial charge in [-0.3, -0.25) is 0 Å². The Morgan fingerprint density at radius 2 is 0.893 bits per heavy atom. The molecule has 0 unspecified atom stereocenters. The molecular weight excluding hydrogens is 404 g/mol. The van der Waals surface area contributed by atoms with Gasteiger partial charge in [-0.25, -0.2) is 17.7 Å². The fraction of sp³-hybridized carbons (Fsp3) is 0. The number of hydrogen-bond acceptors (Lipinski definition) is 4. The van der Waals surface area contributed by atoms with E-state index in [0.29, 0.717) is 0 Å². The van der Waals surface area contributed by atoms with Gasteiger partial charge in [0, 0.05) is 22.1 Å². The molecule has 0 saturated heterocycles. The van der Waals surface area contributed by atoms with Crippen LogP contribution >= 0.6 is 0 Å². The average Bonchev–Trinajstić information content (AvgIpc) is 3.41. The molecule has 0 fully saturated rings. The maximum Gasteiger partial charge on any atom is 2.00 e. The van der Waals surface area contributed by atoms with Gasteiger partial charge in [0.1, 0.15) is 0 Å². The molecule has 2 aliphatic rings. The summed E-state index contributed by atoms with van der Waals surface area (Å²) in [7, 11) is -0.500. The van der Waals surface area contributed by atoms with Crippen molar-refractivity contribution in [3.63, 3.8) is 0 Å². The first-order valence-corrected chi connectivity index (χ1v) is 8.32. The SMILES string of the molecule is C1=Cc2cc3ccc(cc4ccc(cc5nc(cc1n2)C=C5)[nH]4)[nH]3.[O-][B][O-].[Zn+2]. The average molecular weight is 419 g/mol. The van der Waals surface area contributed by atoms with Crippen molar-refractivity contribution in [1.82, 2.24) is 19.9 Å². The summed E-state index contributed by atoms with van der Waals surface area (Å²) in [5.41, 5.74) is 7.86. The van der Waals surface area contributed by atoms with Gasteiger partial charge in [-0.05, 0) is 72.8 Å². The molecule has 1 radical (unpaired) electrons. The Labute approximate surface area is 174 Å². The molecule has 0 atom stereocenters. The van der Waals surface area contributed by atoms with Crippen LogP contribution in [0.15, 0.2) is 48.5 Å². The second kappa shape index (κ2) is 8.93.